The van der Waals surface area contributed by atoms with Gasteiger partial charge < -0.3 is 18.9 Å². The number of carbonyl (C=O) groups excluding carboxylic acids is 1. The van der Waals surface area contributed by atoms with E-state index in [1.165, 1.54) is 13.3 Å². The monoisotopic (exact) mass is 612 g/mol. The summed E-state index contributed by atoms with van der Waals surface area (Å²) in [6.07, 6.45) is 1.46. The van der Waals surface area contributed by atoms with Crippen molar-refractivity contribution in [2.24, 2.45) is 5.10 Å². The highest BCUT2D eigenvalue weighted by molar-refractivity contribution is 6.35. The highest BCUT2D eigenvalue weighted by atomic mass is 35.5. The minimum atomic E-state index is -0.426. The van der Waals surface area contributed by atoms with Crippen LogP contribution in [0, 0.1) is 0 Å². The number of carbonyl (C=O) groups is 1. The van der Waals surface area contributed by atoms with E-state index in [0.717, 1.165) is 11.1 Å². The second-order valence-corrected chi connectivity index (χ2v) is 9.88. The Morgan fingerprint density at radius 2 is 1.63 bits per heavy atom. The Kier molecular flexibility index (Phi) is 10.7. The zero-order valence-corrected chi connectivity index (χ0v) is 24.6. The van der Waals surface area contributed by atoms with Gasteiger partial charge in [-0.3, -0.25) is 4.79 Å². The highest BCUT2D eigenvalue weighted by Gasteiger charge is 2.14. The average Bonchev–Trinajstić information content (AvgIpc) is 2.97. The number of rotatable bonds is 12. The standard InChI is InChI=1S/C31H27Cl3N2O5/c1-3-39-29-14-21(13-26(34)30(29)41-19-23-9-11-24(32)16-25(23)33)17-35-36-31(37)22-10-12-27(28(15-22)38-2)40-18-20-7-5-4-6-8-20/h4-17H,3,18-19H2,1-2H3,(H,36,37)/b35-17+. The largest absolute Gasteiger partial charge is 0.493 e. The number of benzene rings is 4. The van der Waals surface area contributed by atoms with Gasteiger partial charge in [0.05, 0.1) is 25.0 Å². The van der Waals surface area contributed by atoms with E-state index in [1.807, 2.05) is 37.3 Å². The number of hydrogen-bond donors (Lipinski definition) is 1. The van der Waals surface area contributed by atoms with Crippen molar-refractivity contribution in [1.82, 2.24) is 5.43 Å². The molecule has 0 heterocycles. The van der Waals surface area contributed by atoms with Crippen LogP contribution in [0.2, 0.25) is 15.1 Å². The number of nitrogens with zero attached hydrogens (tertiary/aromatic N) is 1. The molecule has 0 aliphatic rings. The minimum Gasteiger partial charge on any atom is -0.493 e. The first-order valence-electron chi connectivity index (χ1n) is 12.6. The van der Waals surface area contributed by atoms with Crippen LogP contribution in [-0.4, -0.2) is 25.8 Å². The maximum atomic E-state index is 12.7. The molecule has 212 valence electrons. The molecule has 0 atom stereocenters. The molecule has 10 heteroatoms. The number of halogens is 3. The first-order valence-corrected chi connectivity index (χ1v) is 13.7. The molecule has 0 aromatic heterocycles. The van der Waals surface area contributed by atoms with Crippen LogP contribution in [0.3, 0.4) is 0 Å². The van der Waals surface area contributed by atoms with Crippen LogP contribution >= 0.6 is 34.8 Å². The van der Waals surface area contributed by atoms with Crippen LogP contribution in [0.25, 0.3) is 0 Å². The fourth-order valence-corrected chi connectivity index (χ4v) is 4.48. The predicted octanol–water partition coefficient (Wildman–Crippen LogP) is 7.98. The van der Waals surface area contributed by atoms with Gasteiger partial charge in [0.15, 0.2) is 23.0 Å². The summed E-state index contributed by atoms with van der Waals surface area (Å²) in [6, 6.07) is 23.2. The normalized spacial score (nSPS) is 10.9. The molecule has 7 nitrogen and oxygen atoms in total. The molecule has 0 radical (unpaired) electrons. The first-order chi connectivity index (χ1) is 19.9. The van der Waals surface area contributed by atoms with E-state index < -0.39 is 5.91 Å². The molecule has 1 amide bonds. The van der Waals surface area contributed by atoms with E-state index in [2.05, 4.69) is 10.5 Å². The third-order valence-corrected chi connectivity index (χ3v) is 6.63. The Morgan fingerprint density at radius 1 is 0.829 bits per heavy atom. The van der Waals surface area contributed by atoms with Crippen molar-refractivity contribution in [3.05, 3.63) is 116 Å². The van der Waals surface area contributed by atoms with Crippen LogP contribution in [0.1, 0.15) is 34.0 Å². The Morgan fingerprint density at radius 3 is 2.37 bits per heavy atom. The average molecular weight is 614 g/mol. The van der Waals surface area contributed by atoms with Gasteiger partial charge in [-0.05, 0) is 60.5 Å². The van der Waals surface area contributed by atoms with Crippen LogP contribution in [0.5, 0.6) is 23.0 Å². The smallest absolute Gasteiger partial charge is 0.271 e. The molecule has 0 unspecified atom stereocenters. The van der Waals surface area contributed by atoms with Gasteiger partial charge in [0.25, 0.3) is 5.91 Å². The number of amides is 1. The fourth-order valence-electron chi connectivity index (χ4n) is 3.75. The molecule has 1 N–H and O–H groups in total. The van der Waals surface area contributed by atoms with Crippen molar-refractivity contribution >= 4 is 46.9 Å². The van der Waals surface area contributed by atoms with Gasteiger partial charge in [0.2, 0.25) is 0 Å². The number of hydrazone groups is 1. The van der Waals surface area contributed by atoms with Gasteiger partial charge in [0.1, 0.15) is 13.2 Å². The van der Waals surface area contributed by atoms with Crippen LogP contribution in [-0.2, 0) is 13.2 Å². The molecular formula is C31H27Cl3N2O5. The lowest BCUT2D eigenvalue weighted by molar-refractivity contribution is 0.0954. The minimum absolute atomic E-state index is 0.166. The summed E-state index contributed by atoms with van der Waals surface area (Å²) in [5, 5.41) is 5.40. The van der Waals surface area contributed by atoms with E-state index in [9.17, 15) is 4.79 Å². The van der Waals surface area contributed by atoms with Gasteiger partial charge in [-0.25, -0.2) is 5.43 Å². The molecule has 0 bridgehead atoms. The lowest BCUT2D eigenvalue weighted by atomic mass is 10.2. The van der Waals surface area contributed by atoms with Crippen LogP contribution < -0.4 is 24.4 Å². The molecule has 41 heavy (non-hydrogen) atoms. The Bertz CT molecular complexity index is 1530. The van der Waals surface area contributed by atoms with E-state index in [4.69, 9.17) is 53.8 Å². The molecule has 0 spiro atoms. The molecule has 0 saturated heterocycles. The van der Waals surface area contributed by atoms with Crippen molar-refractivity contribution in [1.29, 1.82) is 0 Å². The van der Waals surface area contributed by atoms with Crippen molar-refractivity contribution < 1.29 is 23.7 Å². The fraction of sp³-hybridized carbons (Fsp3) is 0.161. The lowest BCUT2D eigenvalue weighted by Gasteiger charge is -2.15. The Hall–Kier alpha value is -3.91. The molecule has 0 fully saturated rings. The van der Waals surface area contributed by atoms with Gasteiger partial charge in [0, 0.05) is 21.2 Å². The zero-order valence-electron chi connectivity index (χ0n) is 22.3. The second kappa shape index (κ2) is 14.6. The third kappa shape index (κ3) is 8.30. The highest BCUT2D eigenvalue weighted by Crippen LogP contribution is 2.37. The second-order valence-electron chi connectivity index (χ2n) is 8.63. The molecule has 4 rings (SSSR count). The molecular weight excluding hydrogens is 587 g/mol. The van der Waals surface area contributed by atoms with Crippen LogP contribution in [0.15, 0.2) is 84.0 Å². The van der Waals surface area contributed by atoms with Gasteiger partial charge in [-0.2, -0.15) is 5.10 Å². The van der Waals surface area contributed by atoms with E-state index in [1.54, 1.807) is 48.5 Å². The summed E-state index contributed by atoms with van der Waals surface area (Å²) in [7, 11) is 1.52. The van der Waals surface area contributed by atoms with Crippen molar-refractivity contribution in [3.63, 3.8) is 0 Å². The summed E-state index contributed by atoms with van der Waals surface area (Å²) in [4.78, 5) is 12.7. The maximum absolute atomic E-state index is 12.7. The molecule has 4 aromatic rings. The Labute approximate surface area is 253 Å². The van der Waals surface area contributed by atoms with Crippen LogP contribution in [0.4, 0.5) is 0 Å². The lowest BCUT2D eigenvalue weighted by Crippen LogP contribution is -2.17. The molecule has 0 saturated carbocycles. The molecule has 0 aliphatic carbocycles. The Balaban J connectivity index is 1.41. The summed E-state index contributed by atoms with van der Waals surface area (Å²) in [6.45, 7) is 2.77. The number of ether oxygens (including phenoxy) is 4. The SMILES string of the molecule is CCOc1cc(/C=N/NC(=O)c2ccc(OCc3ccccc3)c(OC)c2)cc(Cl)c1OCc1ccc(Cl)cc1Cl. The summed E-state index contributed by atoms with van der Waals surface area (Å²) >= 11 is 18.7. The first kappa shape index (κ1) is 30.1. The molecule has 4 aromatic carbocycles. The van der Waals surface area contributed by atoms with Gasteiger partial charge in [-0.1, -0.05) is 71.2 Å². The van der Waals surface area contributed by atoms with Crippen molar-refractivity contribution in [3.8, 4) is 23.0 Å². The zero-order chi connectivity index (χ0) is 29.2. The molecule has 0 aliphatic heterocycles. The quantitative estimate of drug-likeness (QED) is 0.129. The third-order valence-electron chi connectivity index (χ3n) is 5.76. The van der Waals surface area contributed by atoms with Crippen molar-refractivity contribution in [2.75, 3.05) is 13.7 Å². The van der Waals surface area contributed by atoms with Crippen molar-refractivity contribution in [2.45, 2.75) is 20.1 Å². The topological polar surface area (TPSA) is 78.4 Å². The summed E-state index contributed by atoms with van der Waals surface area (Å²) in [5.74, 6) is 1.32. The summed E-state index contributed by atoms with van der Waals surface area (Å²) < 4.78 is 23.0. The van der Waals surface area contributed by atoms with Gasteiger partial charge in [-0.15, -0.1) is 0 Å². The number of nitrogens with one attached hydrogen (secondary N) is 1. The number of methoxy groups -OCH3 is 1. The van der Waals surface area contributed by atoms with E-state index in [-0.39, 0.29) is 6.61 Å². The van der Waals surface area contributed by atoms with E-state index in [0.29, 0.717) is 62.4 Å². The predicted molar refractivity (Wildman–Crippen MR) is 162 cm³/mol. The van der Waals surface area contributed by atoms with E-state index >= 15 is 0 Å². The summed E-state index contributed by atoms with van der Waals surface area (Å²) in [5.41, 5.74) is 5.22. The van der Waals surface area contributed by atoms with Gasteiger partial charge >= 0.3 is 0 Å². The number of hydrogen-bond acceptors (Lipinski definition) is 6. The maximum Gasteiger partial charge on any atom is 0.271 e.